The van der Waals surface area contributed by atoms with Gasteiger partial charge in [0.2, 0.25) is 15.5 Å². The summed E-state index contributed by atoms with van der Waals surface area (Å²) in [7, 11) is -3.66. The normalized spacial score (nSPS) is 16.7. The second-order valence-electron chi connectivity index (χ2n) is 4.36. The maximum Gasteiger partial charge on any atom is 0.245 e. The monoisotopic (exact) mass is 256 g/mol. The van der Waals surface area contributed by atoms with Crippen molar-refractivity contribution in [3.63, 3.8) is 0 Å². The van der Waals surface area contributed by atoms with E-state index < -0.39 is 15.5 Å². The van der Waals surface area contributed by atoms with E-state index in [1.54, 1.807) is 0 Å². The number of rotatable bonds is 5. The molecule has 0 saturated heterocycles. The molecule has 0 unspecified atom stereocenters. The Bertz CT molecular complexity index is 532. The summed E-state index contributed by atoms with van der Waals surface area (Å²) in [5.41, 5.74) is -0.486. The molecule has 2 N–H and O–H groups in total. The molecular weight excluding hydrogens is 240 g/mol. The Balaban J connectivity index is 1.98. The average Bonchev–Trinajstić information content (AvgIpc) is 2.22. The number of aromatic nitrogens is 1. The summed E-state index contributed by atoms with van der Waals surface area (Å²) in [4.78, 5) is 13.8. The molecule has 94 valence electrons. The summed E-state index contributed by atoms with van der Waals surface area (Å²) >= 11 is 0. The van der Waals surface area contributed by atoms with Gasteiger partial charge in [-0.2, -0.15) is 0 Å². The molecular formula is C11H16N2O3S. The van der Waals surface area contributed by atoms with E-state index in [2.05, 4.69) is 9.71 Å². The fraction of sp³-hybridized carbons (Fsp3) is 0.545. The summed E-state index contributed by atoms with van der Waals surface area (Å²) in [6.45, 7) is 0.404. The second-order valence-corrected chi connectivity index (χ2v) is 6.09. The zero-order valence-electron chi connectivity index (χ0n) is 9.48. The molecule has 0 aromatic carbocycles. The van der Waals surface area contributed by atoms with Crippen LogP contribution >= 0.6 is 0 Å². The van der Waals surface area contributed by atoms with Crippen LogP contribution in [0.1, 0.15) is 25.7 Å². The molecule has 5 nitrogen and oxygen atoms in total. The zero-order chi connectivity index (χ0) is 12.3. The Morgan fingerprint density at radius 1 is 1.41 bits per heavy atom. The van der Waals surface area contributed by atoms with Crippen LogP contribution in [0.3, 0.4) is 0 Å². The van der Waals surface area contributed by atoms with Gasteiger partial charge in [0.15, 0.2) is 0 Å². The number of nitrogens with one attached hydrogen (secondary N) is 2. The first-order chi connectivity index (χ1) is 8.09. The first-order valence-corrected chi connectivity index (χ1v) is 7.25. The molecule has 1 saturated carbocycles. The van der Waals surface area contributed by atoms with E-state index in [9.17, 15) is 13.2 Å². The van der Waals surface area contributed by atoms with Crippen molar-refractivity contribution >= 4 is 10.0 Å². The van der Waals surface area contributed by atoms with Crippen molar-refractivity contribution in [2.24, 2.45) is 5.92 Å². The van der Waals surface area contributed by atoms with Crippen LogP contribution in [0.2, 0.25) is 0 Å². The Morgan fingerprint density at radius 3 is 2.76 bits per heavy atom. The first-order valence-electron chi connectivity index (χ1n) is 5.76. The largest absolute Gasteiger partial charge is 0.366 e. The van der Waals surface area contributed by atoms with Crippen LogP contribution in [-0.4, -0.2) is 19.9 Å². The van der Waals surface area contributed by atoms with Crippen molar-refractivity contribution in [1.29, 1.82) is 0 Å². The molecule has 0 spiro atoms. The molecule has 1 fully saturated rings. The van der Waals surface area contributed by atoms with Gasteiger partial charge < -0.3 is 4.98 Å². The molecule has 0 atom stereocenters. The maximum absolute atomic E-state index is 11.8. The highest BCUT2D eigenvalue weighted by Crippen LogP contribution is 2.28. The molecule has 1 heterocycles. The van der Waals surface area contributed by atoms with Gasteiger partial charge in [-0.05, 0) is 12.3 Å². The number of hydrogen-bond acceptors (Lipinski definition) is 3. The minimum absolute atomic E-state index is 0.214. The summed E-state index contributed by atoms with van der Waals surface area (Å²) in [6.07, 6.45) is 7.10. The molecule has 0 aliphatic heterocycles. The van der Waals surface area contributed by atoms with Crippen LogP contribution in [0.25, 0.3) is 0 Å². The van der Waals surface area contributed by atoms with E-state index in [0.29, 0.717) is 12.5 Å². The van der Waals surface area contributed by atoms with Crippen molar-refractivity contribution in [2.45, 2.75) is 30.6 Å². The van der Waals surface area contributed by atoms with E-state index in [1.807, 2.05) is 0 Å². The number of hydrogen-bond donors (Lipinski definition) is 2. The van der Waals surface area contributed by atoms with Crippen LogP contribution in [0.15, 0.2) is 28.2 Å². The molecule has 0 bridgehead atoms. The topological polar surface area (TPSA) is 79.0 Å². The highest BCUT2D eigenvalue weighted by Gasteiger charge is 2.20. The van der Waals surface area contributed by atoms with Crippen LogP contribution < -0.4 is 10.2 Å². The molecule has 0 amide bonds. The van der Waals surface area contributed by atoms with Crippen molar-refractivity contribution < 1.29 is 8.42 Å². The summed E-state index contributed by atoms with van der Waals surface area (Å²) in [5.74, 6) is 0.645. The highest BCUT2D eigenvalue weighted by molar-refractivity contribution is 7.89. The van der Waals surface area contributed by atoms with Crippen molar-refractivity contribution in [1.82, 2.24) is 9.71 Å². The average molecular weight is 256 g/mol. The van der Waals surface area contributed by atoms with Gasteiger partial charge in [-0.25, -0.2) is 13.1 Å². The molecule has 1 aromatic heterocycles. The minimum atomic E-state index is -3.66. The fourth-order valence-corrected chi connectivity index (χ4v) is 2.97. The Morgan fingerprint density at radius 2 is 2.18 bits per heavy atom. The molecule has 1 aromatic rings. The number of pyridine rings is 1. The van der Waals surface area contributed by atoms with Gasteiger partial charge in [0.1, 0.15) is 4.90 Å². The standard InChI is InChI=1S/C11H16N2O3S/c14-10-5-6-12-8-11(10)17(15,16)13-7-4-9-2-1-3-9/h5-6,8-9,13H,1-4,7H2,(H,12,14). The van der Waals surface area contributed by atoms with E-state index >= 15 is 0 Å². The lowest BCUT2D eigenvalue weighted by molar-refractivity contribution is 0.297. The predicted octanol–water partition coefficient (Wildman–Crippen LogP) is 0.843. The maximum atomic E-state index is 11.8. The van der Waals surface area contributed by atoms with Gasteiger partial charge in [0.25, 0.3) is 0 Å². The quantitative estimate of drug-likeness (QED) is 0.819. The third-order valence-corrected chi connectivity index (χ3v) is 4.63. The van der Waals surface area contributed by atoms with Gasteiger partial charge in [-0.15, -0.1) is 0 Å². The molecule has 17 heavy (non-hydrogen) atoms. The first kappa shape index (κ1) is 12.3. The van der Waals surface area contributed by atoms with Gasteiger partial charge >= 0.3 is 0 Å². The van der Waals surface area contributed by atoms with Crippen LogP contribution in [-0.2, 0) is 10.0 Å². The third kappa shape index (κ3) is 2.95. The molecule has 1 aliphatic carbocycles. The van der Waals surface area contributed by atoms with Crippen LogP contribution in [0.5, 0.6) is 0 Å². The van der Waals surface area contributed by atoms with Crippen molar-refractivity contribution in [2.75, 3.05) is 6.54 Å². The van der Waals surface area contributed by atoms with Gasteiger partial charge in [0.05, 0.1) is 0 Å². The van der Waals surface area contributed by atoms with Crippen molar-refractivity contribution in [3.8, 4) is 0 Å². The second kappa shape index (κ2) is 5.01. The van der Waals surface area contributed by atoms with E-state index in [4.69, 9.17) is 0 Å². The van der Waals surface area contributed by atoms with E-state index in [1.165, 1.54) is 37.7 Å². The Labute approximate surface area is 100 Å². The SMILES string of the molecule is O=c1cc[nH]cc1S(=O)(=O)NCCC1CCC1. The Hall–Kier alpha value is -1.14. The minimum Gasteiger partial charge on any atom is -0.366 e. The summed E-state index contributed by atoms with van der Waals surface area (Å²) in [6, 6.07) is 1.21. The van der Waals surface area contributed by atoms with Gasteiger partial charge in [-0.1, -0.05) is 19.3 Å². The molecule has 1 aliphatic rings. The summed E-state index contributed by atoms with van der Waals surface area (Å²) < 4.78 is 26.1. The third-order valence-electron chi connectivity index (χ3n) is 3.15. The zero-order valence-corrected chi connectivity index (χ0v) is 10.3. The van der Waals surface area contributed by atoms with Crippen LogP contribution in [0, 0.1) is 5.92 Å². The fourth-order valence-electron chi connectivity index (χ4n) is 1.87. The van der Waals surface area contributed by atoms with Gasteiger partial charge in [-0.3, -0.25) is 4.79 Å². The number of aromatic amines is 1. The molecule has 6 heteroatoms. The highest BCUT2D eigenvalue weighted by atomic mass is 32.2. The van der Waals surface area contributed by atoms with Gasteiger partial charge in [0, 0.05) is 25.0 Å². The number of H-pyrrole nitrogens is 1. The van der Waals surface area contributed by atoms with E-state index in [-0.39, 0.29) is 4.90 Å². The van der Waals surface area contributed by atoms with Crippen molar-refractivity contribution in [3.05, 3.63) is 28.7 Å². The lowest BCUT2D eigenvalue weighted by atomic mass is 9.83. The smallest absolute Gasteiger partial charge is 0.245 e. The molecule has 0 radical (unpaired) electrons. The lowest BCUT2D eigenvalue weighted by Crippen LogP contribution is -2.30. The lowest BCUT2D eigenvalue weighted by Gasteiger charge is -2.25. The van der Waals surface area contributed by atoms with Crippen LogP contribution in [0.4, 0.5) is 0 Å². The predicted molar refractivity (Wildman–Crippen MR) is 64.2 cm³/mol. The summed E-state index contributed by atoms with van der Waals surface area (Å²) in [5, 5.41) is 0. The molecule has 2 rings (SSSR count). The van der Waals surface area contributed by atoms with E-state index in [0.717, 1.165) is 6.42 Å². The number of sulfonamides is 1. The Kier molecular flexibility index (Phi) is 3.63.